The number of hydrogen-bond donors (Lipinski definition) is 2. The molecule has 0 amide bonds. The molecule has 12 heavy (non-hydrogen) atoms. The van der Waals surface area contributed by atoms with Crippen LogP contribution in [-0.4, -0.2) is 17.1 Å². The van der Waals surface area contributed by atoms with E-state index < -0.39 is 5.97 Å². The lowest BCUT2D eigenvalue weighted by Gasteiger charge is -2.28. The second-order valence-corrected chi connectivity index (χ2v) is 3.81. The molecule has 0 aromatic rings. The van der Waals surface area contributed by atoms with E-state index in [4.69, 9.17) is 10.8 Å². The number of carbonyl (C=O) groups is 1. The smallest absolute Gasteiger partial charge is 0.306 e. The van der Waals surface area contributed by atoms with Crippen molar-refractivity contribution in [3.63, 3.8) is 0 Å². The van der Waals surface area contributed by atoms with Gasteiger partial charge in [-0.15, -0.1) is 0 Å². The van der Waals surface area contributed by atoms with E-state index >= 15 is 0 Å². The maximum absolute atomic E-state index is 10.6. The predicted octanol–water partition coefficient (Wildman–Crippen LogP) is 1.22. The second kappa shape index (κ2) is 3.90. The zero-order valence-corrected chi connectivity index (χ0v) is 7.49. The van der Waals surface area contributed by atoms with Crippen molar-refractivity contribution in [3.8, 4) is 0 Å². The van der Waals surface area contributed by atoms with Crippen molar-refractivity contribution in [2.24, 2.45) is 17.6 Å². The summed E-state index contributed by atoms with van der Waals surface area (Å²) in [5.41, 5.74) is 5.74. The lowest BCUT2D eigenvalue weighted by Crippen LogP contribution is -2.31. The molecule has 1 aliphatic rings. The van der Waals surface area contributed by atoms with Crippen LogP contribution in [0.1, 0.15) is 32.6 Å². The van der Waals surface area contributed by atoms with Gasteiger partial charge in [0.1, 0.15) is 0 Å². The third kappa shape index (κ3) is 2.21. The van der Waals surface area contributed by atoms with Crippen molar-refractivity contribution in [2.75, 3.05) is 0 Å². The van der Waals surface area contributed by atoms with Gasteiger partial charge in [0, 0.05) is 6.04 Å². The third-order valence-electron chi connectivity index (χ3n) is 2.86. The van der Waals surface area contributed by atoms with Gasteiger partial charge in [-0.1, -0.05) is 0 Å². The van der Waals surface area contributed by atoms with Crippen LogP contribution >= 0.6 is 0 Å². The van der Waals surface area contributed by atoms with Gasteiger partial charge in [0.25, 0.3) is 0 Å². The SMILES string of the molecule is CC(N)[C@H]1CC[C@H](C(=O)O)CC1. The molecule has 1 saturated carbocycles. The van der Waals surface area contributed by atoms with E-state index in [2.05, 4.69) is 0 Å². The first-order valence-corrected chi connectivity index (χ1v) is 4.59. The predicted molar refractivity (Wildman–Crippen MR) is 46.7 cm³/mol. The molecule has 1 unspecified atom stereocenters. The molecule has 0 bridgehead atoms. The standard InChI is InChI=1S/C9H17NO2/c1-6(10)7-2-4-8(5-3-7)9(11)12/h6-8H,2-5,10H2,1H3,(H,11,12)/t6?,7-,8-. The van der Waals surface area contributed by atoms with E-state index in [1.807, 2.05) is 6.92 Å². The Bertz CT molecular complexity index is 160. The molecular weight excluding hydrogens is 154 g/mol. The summed E-state index contributed by atoms with van der Waals surface area (Å²) in [5.74, 6) is -0.210. The minimum absolute atomic E-state index is 0.111. The molecule has 3 nitrogen and oxygen atoms in total. The first kappa shape index (κ1) is 9.52. The summed E-state index contributed by atoms with van der Waals surface area (Å²) in [7, 11) is 0. The maximum atomic E-state index is 10.6. The van der Waals surface area contributed by atoms with Crippen molar-refractivity contribution in [2.45, 2.75) is 38.6 Å². The summed E-state index contributed by atoms with van der Waals surface area (Å²) < 4.78 is 0. The highest BCUT2D eigenvalue weighted by Gasteiger charge is 2.27. The van der Waals surface area contributed by atoms with E-state index in [-0.39, 0.29) is 12.0 Å². The molecule has 3 heteroatoms. The number of carboxylic acid groups (broad SMARTS) is 1. The molecule has 1 atom stereocenters. The Balaban J connectivity index is 2.34. The van der Waals surface area contributed by atoms with Gasteiger partial charge in [0.05, 0.1) is 5.92 Å². The van der Waals surface area contributed by atoms with E-state index in [0.717, 1.165) is 25.7 Å². The largest absolute Gasteiger partial charge is 0.481 e. The summed E-state index contributed by atoms with van der Waals surface area (Å²) in [6.45, 7) is 2.01. The lowest BCUT2D eigenvalue weighted by molar-refractivity contribution is -0.143. The lowest BCUT2D eigenvalue weighted by atomic mass is 9.79. The minimum Gasteiger partial charge on any atom is -0.481 e. The fourth-order valence-corrected chi connectivity index (χ4v) is 1.89. The van der Waals surface area contributed by atoms with Crippen molar-refractivity contribution in [1.82, 2.24) is 0 Å². The van der Waals surface area contributed by atoms with Gasteiger partial charge in [-0.3, -0.25) is 4.79 Å². The Hall–Kier alpha value is -0.570. The second-order valence-electron chi connectivity index (χ2n) is 3.81. The van der Waals surface area contributed by atoms with Crippen molar-refractivity contribution in [3.05, 3.63) is 0 Å². The van der Waals surface area contributed by atoms with Gasteiger partial charge in [-0.05, 0) is 38.5 Å². The fraction of sp³-hybridized carbons (Fsp3) is 0.889. The van der Waals surface area contributed by atoms with Crippen LogP contribution in [0.15, 0.2) is 0 Å². The van der Waals surface area contributed by atoms with Gasteiger partial charge >= 0.3 is 5.97 Å². The molecule has 0 saturated heterocycles. The molecule has 1 rings (SSSR count). The molecule has 0 spiro atoms. The van der Waals surface area contributed by atoms with Crippen molar-refractivity contribution < 1.29 is 9.90 Å². The number of carboxylic acids is 1. The first-order valence-electron chi connectivity index (χ1n) is 4.59. The van der Waals surface area contributed by atoms with E-state index in [9.17, 15) is 4.79 Å². The van der Waals surface area contributed by atoms with Gasteiger partial charge in [-0.2, -0.15) is 0 Å². The highest BCUT2D eigenvalue weighted by atomic mass is 16.4. The molecule has 0 aliphatic heterocycles. The highest BCUT2D eigenvalue weighted by Crippen LogP contribution is 2.30. The van der Waals surface area contributed by atoms with Crippen LogP contribution < -0.4 is 5.73 Å². The molecule has 1 aliphatic carbocycles. The Morgan fingerprint density at radius 1 is 1.42 bits per heavy atom. The quantitative estimate of drug-likeness (QED) is 0.656. The molecule has 70 valence electrons. The Labute approximate surface area is 72.9 Å². The fourth-order valence-electron chi connectivity index (χ4n) is 1.89. The van der Waals surface area contributed by atoms with Gasteiger partial charge in [0.15, 0.2) is 0 Å². The monoisotopic (exact) mass is 171 g/mol. The van der Waals surface area contributed by atoms with Crippen LogP contribution in [0.5, 0.6) is 0 Å². The molecule has 0 heterocycles. The average Bonchev–Trinajstić information content (AvgIpc) is 2.04. The van der Waals surface area contributed by atoms with E-state index in [0.29, 0.717) is 5.92 Å². The topological polar surface area (TPSA) is 63.3 Å². The number of rotatable bonds is 2. The zero-order chi connectivity index (χ0) is 9.14. The number of hydrogen-bond acceptors (Lipinski definition) is 2. The maximum Gasteiger partial charge on any atom is 0.306 e. The summed E-state index contributed by atoms with van der Waals surface area (Å²) in [5, 5.41) is 8.73. The average molecular weight is 171 g/mol. The van der Waals surface area contributed by atoms with Crippen LogP contribution in [-0.2, 0) is 4.79 Å². The van der Waals surface area contributed by atoms with Crippen LogP contribution in [0.2, 0.25) is 0 Å². The molecule has 0 radical (unpaired) electrons. The summed E-state index contributed by atoms with van der Waals surface area (Å²) in [6.07, 6.45) is 3.58. The van der Waals surface area contributed by atoms with Crippen molar-refractivity contribution in [1.29, 1.82) is 0 Å². The van der Waals surface area contributed by atoms with Crippen LogP contribution in [0, 0.1) is 11.8 Å². The van der Waals surface area contributed by atoms with Gasteiger partial charge in [0.2, 0.25) is 0 Å². The molecule has 0 aromatic carbocycles. The Morgan fingerprint density at radius 2 is 1.92 bits per heavy atom. The zero-order valence-electron chi connectivity index (χ0n) is 7.49. The van der Waals surface area contributed by atoms with Crippen molar-refractivity contribution >= 4 is 5.97 Å². The summed E-state index contributed by atoms with van der Waals surface area (Å²) in [4.78, 5) is 10.6. The molecule has 3 N–H and O–H groups in total. The third-order valence-corrected chi connectivity index (χ3v) is 2.86. The molecule has 0 aromatic heterocycles. The number of aliphatic carboxylic acids is 1. The van der Waals surface area contributed by atoms with Gasteiger partial charge in [-0.25, -0.2) is 0 Å². The van der Waals surface area contributed by atoms with Crippen LogP contribution in [0.3, 0.4) is 0 Å². The Kier molecular flexibility index (Phi) is 3.09. The van der Waals surface area contributed by atoms with E-state index in [1.165, 1.54) is 0 Å². The molecule has 1 fully saturated rings. The normalized spacial score (nSPS) is 32.8. The minimum atomic E-state index is -0.641. The van der Waals surface area contributed by atoms with Gasteiger partial charge < -0.3 is 10.8 Å². The van der Waals surface area contributed by atoms with E-state index in [1.54, 1.807) is 0 Å². The molecular formula is C9H17NO2. The summed E-state index contributed by atoms with van der Waals surface area (Å²) in [6, 6.07) is 0.222. The highest BCUT2D eigenvalue weighted by molar-refractivity contribution is 5.69. The Morgan fingerprint density at radius 3 is 2.25 bits per heavy atom. The first-order chi connectivity index (χ1) is 5.61. The number of nitrogens with two attached hydrogens (primary N) is 1. The van der Waals surface area contributed by atoms with Crippen LogP contribution in [0.4, 0.5) is 0 Å². The summed E-state index contributed by atoms with van der Waals surface area (Å²) >= 11 is 0. The van der Waals surface area contributed by atoms with Crippen LogP contribution in [0.25, 0.3) is 0 Å².